The number of phenolic OH excluding ortho intramolecular Hbond substituents is 2. The van der Waals surface area contributed by atoms with Gasteiger partial charge in [0, 0.05) is 29.9 Å². The molecule has 0 unspecified atom stereocenters. The first kappa shape index (κ1) is 24.8. The Morgan fingerprint density at radius 2 is 1.71 bits per heavy atom. The number of ketones is 1. The molecular weight excluding hydrogens is 658 g/mol. The topological polar surface area (TPSA) is 79.9 Å². The van der Waals surface area contributed by atoms with E-state index in [2.05, 4.69) is 6.92 Å². The summed E-state index contributed by atoms with van der Waals surface area (Å²) in [5, 5.41) is 21.3. The number of aromatic hydroxyl groups is 2. The smallest absolute Gasteiger partial charge is 0.197 e. The highest BCUT2D eigenvalue weighted by Gasteiger charge is 2.24. The number of benzene rings is 3. The summed E-state index contributed by atoms with van der Waals surface area (Å²) in [6.07, 6.45) is 3.15. The summed E-state index contributed by atoms with van der Waals surface area (Å²) >= 11 is 4.03. The summed E-state index contributed by atoms with van der Waals surface area (Å²) in [5.41, 5.74) is 2.57. The molecule has 0 bridgehead atoms. The van der Waals surface area contributed by atoms with Gasteiger partial charge in [-0.15, -0.1) is 0 Å². The van der Waals surface area contributed by atoms with Gasteiger partial charge in [-0.25, -0.2) is 0 Å². The predicted octanol–water partition coefficient (Wildman–Crippen LogP) is 7.25. The van der Waals surface area contributed by atoms with Gasteiger partial charge >= 0.3 is 0 Å². The number of halogens is 2. The minimum atomic E-state index is -0.196. The number of carbonyl (C=O) groups is 1. The average Bonchev–Trinajstić information content (AvgIpc) is 3.18. The molecule has 0 radical (unpaired) electrons. The van der Waals surface area contributed by atoms with Crippen molar-refractivity contribution in [2.45, 2.75) is 32.6 Å². The molecular formula is C27H24I2O5. The van der Waals surface area contributed by atoms with Crippen LogP contribution >= 0.6 is 45.2 Å². The lowest BCUT2D eigenvalue weighted by atomic mass is 9.98. The van der Waals surface area contributed by atoms with Crippen LogP contribution in [0.3, 0.4) is 0 Å². The van der Waals surface area contributed by atoms with E-state index >= 15 is 0 Å². The van der Waals surface area contributed by atoms with Crippen LogP contribution in [0, 0.1) is 7.14 Å². The second-order valence-electron chi connectivity index (χ2n) is 8.02. The van der Waals surface area contributed by atoms with Crippen LogP contribution in [0.4, 0.5) is 0 Å². The fourth-order valence-corrected chi connectivity index (χ4v) is 5.57. The lowest BCUT2D eigenvalue weighted by Crippen LogP contribution is -2.05. The van der Waals surface area contributed by atoms with Crippen LogP contribution in [-0.4, -0.2) is 22.6 Å². The molecule has 0 spiro atoms. The highest BCUT2D eigenvalue weighted by molar-refractivity contribution is 14.1. The first-order valence-corrected chi connectivity index (χ1v) is 13.2. The highest BCUT2D eigenvalue weighted by atomic mass is 127. The molecule has 1 heterocycles. The molecule has 0 aliphatic carbocycles. The first-order valence-electron chi connectivity index (χ1n) is 11.1. The molecule has 0 amide bonds. The Morgan fingerprint density at radius 1 is 1.00 bits per heavy atom. The van der Waals surface area contributed by atoms with Crippen LogP contribution < -0.4 is 4.74 Å². The van der Waals surface area contributed by atoms with Crippen LogP contribution in [0.25, 0.3) is 11.0 Å². The lowest BCUT2D eigenvalue weighted by molar-refractivity contribution is 0.103. The van der Waals surface area contributed by atoms with E-state index in [9.17, 15) is 15.0 Å². The van der Waals surface area contributed by atoms with Crippen molar-refractivity contribution < 1.29 is 24.2 Å². The van der Waals surface area contributed by atoms with Gasteiger partial charge in [0.2, 0.25) is 0 Å². The molecule has 7 heteroatoms. The number of fused-ring (bicyclic) bond motifs is 1. The first-order chi connectivity index (χ1) is 16.4. The normalized spacial score (nSPS) is 11.1. The van der Waals surface area contributed by atoms with Gasteiger partial charge in [0.15, 0.2) is 17.3 Å². The second-order valence-corrected chi connectivity index (χ2v) is 10.3. The van der Waals surface area contributed by atoms with Crippen LogP contribution in [0.1, 0.15) is 47.0 Å². The SMILES string of the molecule is CCCCc1oc2cc(OCCc3ccccc3)c(O)cc2c1C(=O)c1cc(I)c(O)c(I)c1. The van der Waals surface area contributed by atoms with Gasteiger partial charge in [-0.3, -0.25) is 4.79 Å². The van der Waals surface area contributed by atoms with Crippen LogP contribution in [0.5, 0.6) is 17.2 Å². The number of hydrogen-bond donors (Lipinski definition) is 2. The molecule has 0 aliphatic rings. The van der Waals surface area contributed by atoms with Crippen molar-refractivity contribution >= 4 is 61.9 Å². The standard InChI is InChI=1S/C27H24I2O5/c1-2-3-9-22-25(26(31)17-12-19(28)27(32)20(29)13-17)18-14-21(30)24(15-23(18)34-22)33-11-10-16-7-5-4-6-8-16/h4-8,12-15,30,32H,2-3,9-11H2,1H3. The fraction of sp³-hybridized carbons (Fsp3) is 0.222. The lowest BCUT2D eigenvalue weighted by Gasteiger charge is -2.09. The third-order valence-electron chi connectivity index (χ3n) is 5.60. The maximum Gasteiger partial charge on any atom is 0.197 e. The molecule has 34 heavy (non-hydrogen) atoms. The van der Waals surface area contributed by atoms with Crippen molar-refractivity contribution in [3.8, 4) is 17.2 Å². The average molecular weight is 682 g/mol. The van der Waals surface area contributed by atoms with Gasteiger partial charge < -0.3 is 19.4 Å². The zero-order valence-corrected chi connectivity index (χ0v) is 22.9. The second kappa shape index (κ2) is 11.0. The van der Waals surface area contributed by atoms with Gasteiger partial charge in [0.25, 0.3) is 0 Å². The van der Waals surface area contributed by atoms with Gasteiger partial charge in [0.1, 0.15) is 17.1 Å². The number of furan rings is 1. The molecule has 1 aromatic heterocycles. The van der Waals surface area contributed by atoms with E-state index in [1.807, 2.05) is 75.5 Å². The molecule has 4 aromatic rings. The van der Waals surface area contributed by atoms with E-state index < -0.39 is 0 Å². The van der Waals surface area contributed by atoms with E-state index in [1.165, 1.54) is 0 Å². The maximum atomic E-state index is 13.6. The summed E-state index contributed by atoms with van der Waals surface area (Å²) in [7, 11) is 0. The third kappa shape index (κ3) is 5.35. The zero-order chi connectivity index (χ0) is 24.2. The molecule has 3 aromatic carbocycles. The number of hydrogen-bond acceptors (Lipinski definition) is 5. The molecule has 0 saturated heterocycles. The molecule has 0 saturated carbocycles. The number of unbranched alkanes of at least 4 members (excludes halogenated alkanes) is 1. The molecule has 176 valence electrons. The molecule has 0 atom stereocenters. The number of carbonyl (C=O) groups excluding carboxylic acids is 1. The quantitative estimate of drug-likeness (QED) is 0.144. The Labute approximate surface area is 225 Å². The highest BCUT2D eigenvalue weighted by Crippen LogP contribution is 2.38. The van der Waals surface area contributed by atoms with E-state index in [0.717, 1.165) is 18.4 Å². The third-order valence-corrected chi connectivity index (χ3v) is 7.24. The van der Waals surface area contributed by atoms with Crippen LogP contribution in [0.2, 0.25) is 0 Å². The number of ether oxygens (including phenoxy) is 1. The summed E-state index contributed by atoms with van der Waals surface area (Å²) < 4.78 is 13.2. The van der Waals surface area contributed by atoms with Crippen LogP contribution in [-0.2, 0) is 12.8 Å². The predicted molar refractivity (Wildman–Crippen MR) is 149 cm³/mol. The van der Waals surface area contributed by atoms with Gasteiger partial charge in [-0.05, 0) is 75.4 Å². The summed E-state index contributed by atoms with van der Waals surface area (Å²) in [5.74, 6) is 0.855. The van der Waals surface area contributed by atoms with Gasteiger partial charge in [0.05, 0.1) is 19.3 Å². The minimum Gasteiger partial charge on any atom is -0.506 e. The molecule has 0 aliphatic heterocycles. The molecule has 5 nitrogen and oxygen atoms in total. The Hall–Kier alpha value is -2.27. The van der Waals surface area contributed by atoms with Crippen LogP contribution in [0.15, 0.2) is 59.0 Å². The monoisotopic (exact) mass is 682 g/mol. The number of rotatable bonds is 9. The van der Waals surface area contributed by atoms with Crippen molar-refractivity contribution in [3.63, 3.8) is 0 Å². The Bertz CT molecular complexity index is 1310. The van der Waals surface area contributed by atoms with Crippen molar-refractivity contribution in [3.05, 3.63) is 84.2 Å². The Balaban J connectivity index is 1.69. The molecule has 2 N–H and O–H groups in total. The largest absolute Gasteiger partial charge is 0.506 e. The minimum absolute atomic E-state index is 0.0349. The van der Waals surface area contributed by atoms with Crippen molar-refractivity contribution in [2.24, 2.45) is 0 Å². The zero-order valence-electron chi connectivity index (χ0n) is 18.6. The summed E-state index contributed by atoms with van der Waals surface area (Å²) in [4.78, 5) is 13.6. The van der Waals surface area contributed by atoms with Crippen molar-refractivity contribution in [2.75, 3.05) is 6.61 Å². The maximum absolute atomic E-state index is 13.6. The van der Waals surface area contributed by atoms with E-state index in [0.29, 0.717) is 60.2 Å². The van der Waals surface area contributed by atoms with E-state index in [-0.39, 0.29) is 17.3 Å². The fourth-order valence-electron chi connectivity index (χ4n) is 3.81. The Kier molecular flexibility index (Phi) is 8.02. The molecule has 0 fully saturated rings. The van der Waals surface area contributed by atoms with E-state index in [4.69, 9.17) is 9.15 Å². The van der Waals surface area contributed by atoms with Gasteiger partial charge in [-0.2, -0.15) is 0 Å². The summed E-state index contributed by atoms with van der Waals surface area (Å²) in [6, 6.07) is 16.5. The van der Waals surface area contributed by atoms with Crippen molar-refractivity contribution in [1.82, 2.24) is 0 Å². The summed E-state index contributed by atoms with van der Waals surface area (Å²) in [6.45, 7) is 2.49. The van der Waals surface area contributed by atoms with Crippen molar-refractivity contribution in [1.29, 1.82) is 0 Å². The van der Waals surface area contributed by atoms with Gasteiger partial charge in [-0.1, -0.05) is 43.7 Å². The number of aryl methyl sites for hydroxylation is 1. The number of phenols is 2. The molecule has 4 rings (SSSR count). The van der Waals surface area contributed by atoms with E-state index in [1.54, 1.807) is 24.3 Å². The Morgan fingerprint density at radius 3 is 2.38 bits per heavy atom.